The highest BCUT2D eigenvalue weighted by molar-refractivity contribution is 5.39. The van der Waals surface area contributed by atoms with Crippen LogP contribution in [-0.4, -0.2) is 0 Å². The van der Waals surface area contributed by atoms with E-state index < -0.39 is 29.2 Å². The summed E-state index contributed by atoms with van der Waals surface area (Å²) < 4.78 is 87.8. The van der Waals surface area contributed by atoms with E-state index in [0.29, 0.717) is 36.8 Å². The first-order valence-electron chi connectivity index (χ1n) is 13.7. The fourth-order valence-corrected chi connectivity index (χ4v) is 6.43. The smallest absolute Gasteiger partial charge is 0.419 e. The summed E-state index contributed by atoms with van der Waals surface area (Å²) in [6.07, 6.45) is 8.71. The summed E-state index contributed by atoms with van der Waals surface area (Å²) in [6, 6.07) is 4.24. The fourth-order valence-electron chi connectivity index (χ4n) is 6.43. The van der Waals surface area contributed by atoms with Crippen LogP contribution < -0.4 is 4.74 Å². The topological polar surface area (TPSA) is 9.23 Å². The van der Waals surface area contributed by atoms with E-state index in [2.05, 4.69) is 6.92 Å². The van der Waals surface area contributed by atoms with Crippen molar-refractivity contribution in [2.24, 2.45) is 17.8 Å². The van der Waals surface area contributed by atoms with Gasteiger partial charge in [0.25, 0.3) is 0 Å². The third kappa shape index (κ3) is 6.83. The summed E-state index contributed by atoms with van der Waals surface area (Å²) in [4.78, 5) is 0. The van der Waals surface area contributed by atoms with Crippen LogP contribution in [-0.2, 0) is 6.18 Å². The third-order valence-corrected chi connectivity index (χ3v) is 8.52. The van der Waals surface area contributed by atoms with Crippen molar-refractivity contribution in [3.05, 3.63) is 58.9 Å². The Kier molecular flexibility index (Phi) is 9.12. The zero-order valence-corrected chi connectivity index (χ0v) is 21.4. The lowest BCUT2D eigenvalue weighted by Crippen LogP contribution is -2.26. The van der Waals surface area contributed by atoms with Crippen molar-refractivity contribution in [2.75, 3.05) is 0 Å². The average molecular weight is 527 g/mol. The highest BCUT2D eigenvalue weighted by Gasteiger charge is 2.35. The number of halogens is 6. The van der Waals surface area contributed by atoms with Gasteiger partial charge in [0.1, 0.15) is 17.4 Å². The SMILES string of the molecule is CCCCCC1CCC(C2CCC(c3c(F)ccc(Oc4ccc(C(F)(F)F)c(F)c4)c3F)CC2)CC1. The first-order chi connectivity index (χ1) is 17.7. The Morgan fingerprint density at radius 3 is 2.03 bits per heavy atom. The summed E-state index contributed by atoms with van der Waals surface area (Å²) in [5, 5.41) is 0. The summed E-state index contributed by atoms with van der Waals surface area (Å²) in [5.74, 6) is -1.78. The van der Waals surface area contributed by atoms with Crippen LogP contribution in [0.15, 0.2) is 30.3 Å². The normalized spacial score (nSPS) is 24.7. The van der Waals surface area contributed by atoms with Gasteiger partial charge in [-0.15, -0.1) is 0 Å². The van der Waals surface area contributed by atoms with Crippen molar-refractivity contribution >= 4 is 0 Å². The fraction of sp³-hybridized carbons (Fsp3) is 0.600. The number of benzene rings is 2. The molecule has 0 aliphatic heterocycles. The molecule has 37 heavy (non-hydrogen) atoms. The van der Waals surface area contributed by atoms with Crippen LogP contribution in [0.3, 0.4) is 0 Å². The van der Waals surface area contributed by atoms with Crippen LogP contribution in [0.5, 0.6) is 11.5 Å². The molecular formula is C30H36F6O. The lowest BCUT2D eigenvalue weighted by Gasteiger charge is -2.38. The standard InChI is InChI=1S/C30H36F6O/c1-2-3-4-5-19-6-8-20(9-7-19)21-10-12-22(13-11-21)28-25(31)16-17-27(29(28)33)37-23-14-15-24(26(32)18-23)30(34,35)36/h14-22H,2-13H2,1H3. The van der Waals surface area contributed by atoms with Gasteiger partial charge in [-0.1, -0.05) is 45.4 Å². The van der Waals surface area contributed by atoms with Gasteiger partial charge in [0.05, 0.1) is 5.56 Å². The zero-order chi connectivity index (χ0) is 26.6. The molecule has 7 heteroatoms. The third-order valence-electron chi connectivity index (χ3n) is 8.52. The molecule has 0 atom stereocenters. The molecule has 2 aliphatic carbocycles. The molecular weight excluding hydrogens is 490 g/mol. The van der Waals surface area contributed by atoms with E-state index in [-0.39, 0.29) is 23.0 Å². The lowest BCUT2D eigenvalue weighted by molar-refractivity contribution is -0.140. The first-order valence-corrected chi connectivity index (χ1v) is 13.7. The van der Waals surface area contributed by atoms with E-state index in [9.17, 15) is 22.0 Å². The minimum Gasteiger partial charge on any atom is -0.454 e. The predicted octanol–water partition coefficient (Wildman–Crippen LogP) is 10.6. The van der Waals surface area contributed by atoms with Crippen molar-refractivity contribution in [1.82, 2.24) is 0 Å². The molecule has 0 bridgehead atoms. The first kappa shape index (κ1) is 27.8. The Hall–Kier alpha value is -2.18. The second kappa shape index (κ2) is 12.1. The van der Waals surface area contributed by atoms with Crippen molar-refractivity contribution in [3.63, 3.8) is 0 Å². The Labute approximate surface area is 215 Å². The molecule has 2 saturated carbocycles. The molecule has 4 rings (SSSR count). The van der Waals surface area contributed by atoms with Gasteiger partial charge >= 0.3 is 6.18 Å². The van der Waals surface area contributed by atoms with Crippen molar-refractivity contribution in [1.29, 1.82) is 0 Å². The van der Waals surface area contributed by atoms with Crippen LogP contribution in [0.1, 0.15) is 101 Å². The maximum Gasteiger partial charge on any atom is 0.419 e. The van der Waals surface area contributed by atoms with Gasteiger partial charge in [0.15, 0.2) is 11.6 Å². The second-order valence-electron chi connectivity index (χ2n) is 10.9. The maximum absolute atomic E-state index is 15.4. The summed E-state index contributed by atoms with van der Waals surface area (Å²) in [7, 11) is 0. The van der Waals surface area contributed by atoms with Gasteiger partial charge in [-0.05, 0) is 86.5 Å². The molecule has 2 aliphatic rings. The summed E-state index contributed by atoms with van der Waals surface area (Å²) in [6.45, 7) is 2.23. The summed E-state index contributed by atoms with van der Waals surface area (Å²) in [5.41, 5.74) is -1.47. The lowest BCUT2D eigenvalue weighted by atomic mass is 9.68. The Bertz CT molecular complexity index is 1030. The van der Waals surface area contributed by atoms with E-state index in [1.54, 1.807) is 0 Å². The van der Waals surface area contributed by atoms with Crippen molar-refractivity contribution in [3.8, 4) is 11.5 Å². The zero-order valence-electron chi connectivity index (χ0n) is 21.4. The predicted molar refractivity (Wildman–Crippen MR) is 132 cm³/mol. The van der Waals surface area contributed by atoms with Gasteiger partial charge in [-0.3, -0.25) is 0 Å². The Morgan fingerprint density at radius 2 is 1.43 bits per heavy atom. The van der Waals surface area contributed by atoms with E-state index >= 15 is 4.39 Å². The van der Waals surface area contributed by atoms with Crippen molar-refractivity contribution < 1.29 is 31.1 Å². The number of unbranched alkanes of at least 4 members (excludes halogenated alkanes) is 2. The molecule has 0 saturated heterocycles. The van der Waals surface area contributed by atoms with Crippen LogP contribution in [0.4, 0.5) is 26.3 Å². The number of hydrogen-bond acceptors (Lipinski definition) is 1. The molecule has 0 spiro atoms. The molecule has 204 valence electrons. The van der Waals surface area contributed by atoms with Gasteiger partial charge in [-0.2, -0.15) is 13.2 Å². The highest BCUT2D eigenvalue weighted by Crippen LogP contribution is 2.46. The van der Waals surface area contributed by atoms with Crippen LogP contribution >= 0.6 is 0 Å². The molecule has 0 unspecified atom stereocenters. The quantitative estimate of drug-likeness (QED) is 0.246. The maximum atomic E-state index is 15.4. The molecule has 2 aromatic carbocycles. The molecule has 0 aromatic heterocycles. The molecule has 0 N–H and O–H groups in total. The van der Waals surface area contributed by atoms with E-state index in [4.69, 9.17) is 4.74 Å². The Balaban J connectivity index is 1.37. The van der Waals surface area contributed by atoms with Crippen LogP contribution in [0, 0.1) is 35.2 Å². The van der Waals surface area contributed by atoms with E-state index in [1.807, 2.05) is 0 Å². The van der Waals surface area contributed by atoms with Gasteiger partial charge < -0.3 is 4.74 Å². The number of rotatable bonds is 8. The molecule has 0 radical (unpaired) electrons. The minimum absolute atomic E-state index is 0.0389. The minimum atomic E-state index is -4.84. The van der Waals surface area contributed by atoms with Crippen molar-refractivity contribution in [2.45, 2.75) is 96.1 Å². The molecule has 1 nitrogen and oxygen atoms in total. The largest absolute Gasteiger partial charge is 0.454 e. The molecule has 0 heterocycles. The van der Waals surface area contributed by atoms with Gasteiger partial charge in [0.2, 0.25) is 0 Å². The monoisotopic (exact) mass is 526 g/mol. The molecule has 2 aromatic rings. The number of alkyl halides is 3. The Morgan fingerprint density at radius 1 is 0.784 bits per heavy atom. The molecule has 0 amide bonds. The second-order valence-corrected chi connectivity index (χ2v) is 10.9. The highest BCUT2D eigenvalue weighted by atomic mass is 19.4. The van der Waals surface area contributed by atoms with Crippen LogP contribution in [0.2, 0.25) is 0 Å². The van der Waals surface area contributed by atoms with Gasteiger partial charge in [0, 0.05) is 11.6 Å². The molecule has 2 fully saturated rings. The van der Waals surface area contributed by atoms with E-state index in [0.717, 1.165) is 37.0 Å². The average Bonchev–Trinajstić information content (AvgIpc) is 2.86. The number of hydrogen-bond donors (Lipinski definition) is 0. The van der Waals surface area contributed by atoms with Crippen LogP contribution in [0.25, 0.3) is 0 Å². The van der Waals surface area contributed by atoms with E-state index in [1.165, 1.54) is 51.4 Å². The summed E-state index contributed by atoms with van der Waals surface area (Å²) >= 11 is 0. The van der Waals surface area contributed by atoms with Gasteiger partial charge in [-0.25, -0.2) is 13.2 Å². The number of ether oxygens (including phenoxy) is 1.